The lowest BCUT2D eigenvalue weighted by molar-refractivity contribution is -0.394. The summed E-state index contributed by atoms with van der Waals surface area (Å²) in [6.45, 7) is 17.3. The van der Waals surface area contributed by atoms with Crippen molar-refractivity contribution in [2.24, 2.45) is 44.8 Å². The largest absolute Gasteiger partial charge is 0.491 e. The lowest BCUT2D eigenvalue weighted by atomic mass is 9.30. The first-order valence-corrected chi connectivity index (χ1v) is 27.4. The average molecular weight is 1080 g/mol. The van der Waals surface area contributed by atoms with Crippen LogP contribution in [0.2, 0.25) is 0 Å². The van der Waals surface area contributed by atoms with Gasteiger partial charge in [0.05, 0.1) is 54.9 Å². The van der Waals surface area contributed by atoms with Gasteiger partial charge in [-0.2, -0.15) is 0 Å². The normalized spacial score (nSPS) is 58.5. The topological polar surface area (TPSA) is 346 Å². The van der Waals surface area contributed by atoms with Gasteiger partial charge in [-0.1, -0.05) is 41.2 Å². The first-order valence-electron chi connectivity index (χ1n) is 27.4. The average Bonchev–Trinajstić information content (AvgIpc) is 3.64. The van der Waals surface area contributed by atoms with Crippen molar-refractivity contribution in [2.45, 2.75) is 253 Å². The van der Waals surface area contributed by atoms with E-state index in [-0.39, 0.29) is 28.6 Å². The minimum atomic E-state index is -1.89. The van der Waals surface area contributed by atoms with Crippen LogP contribution in [0.1, 0.15) is 113 Å². The van der Waals surface area contributed by atoms with Gasteiger partial charge in [0.15, 0.2) is 25.2 Å². The molecule has 5 aliphatic heterocycles. The molecule has 1 spiro atoms. The highest BCUT2D eigenvalue weighted by atomic mass is 16.8. The van der Waals surface area contributed by atoms with Crippen LogP contribution in [-0.4, -0.2) is 226 Å². The Morgan fingerprint density at radius 3 is 1.80 bits per heavy atom. The number of aliphatic hydroxyl groups is 13. The van der Waals surface area contributed by atoms with Gasteiger partial charge < -0.3 is 109 Å². The van der Waals surface area contributed by atoms with Crippen molar-refractivity contribution >= 4 is 0 Å². The molecular formula is C53H86O22. The van der Waals surface area contributed by atoms with Crippen molar-refractivity contribution in [3.8, 4) is 0 Å². The van der Waals surface area contributed by atoms with Crippen LogP contribution in [0.3, 0.4) is 0 Å². The minimum absolute atomic E-state index is 0.0744. The summed E-state index contributed by atoms with van der Waals surface area (Å²) < 4.78 is 56.2. The Bertz CT molecular complexity index is 2080. The van der Waals surface area contributed by atoms with Gasteiger partial charge in [-0.15, -0.1) is 0 Å². The van der Waals surface area contributed by atoms with E-state index in [2.05, 4.69) is 41.2 Å². The summed E-state index contributed by atoms with van der Waals surface area (Å²) >= 11 is 0. The maximum absolute atomic E-state index is 12.4. The van der Waals surface area contributed by atoms with Crippen LogP contribution in [0.25, 0.3) is 0 Å². The van der Waals surface area contributed by atoms with E-state index in [1.54, 1.807) is 0 Å². The molecule has 10 fully saturated rings. The smallest absolute Gasteiger partial charge is 0.187 e. The predicted molar refractivity (Wildman–Crippen MR) is 256 cm³/mol. The third-order valence-corrected chi connectivity index (χ3v) is 22.0. The Morgan fingerprint density at radius 2 is 1.15 bits per heavy atom. The quantitative estimate of drug-likeness (QED) is 0.111. The van der Waals surface area contributed by atoms with Gasteiger partial charge in [0.25, 0.3) is 0 Å². The van der Waals surface area contributed by atoms with Gasteiger partial charge in [0.2, 0.25) is 0 Å². The van der Waals surface area contributed by atoms with E-state index in [1.165, 1.54) is 6.92 Å². The molecule has 22 heteroatoms. The Morgan fingerprint density at radius 1 is 0.560 bits per heavy atom. The predicted octanol–water partition coefficient (Wildman–Crippen LogP) is -1.45. The monoisotopic (exact) mass is 1070 g/mol. The minimum Gasteiger partial charge on any atom is -0.491 e. The molecule has 30 atom stereocenters. The molecule has 5 saturated carbocycles. The number of aliphatic hydroxyl groups excluding tert-OH is 12. The molecule has 0 unspecified atom stereocenters. The van der Waals surface area contributed by atoms with Crippen molar-refractivity contribution in [2.75, 3.05) is 19.8 Å². The molecular weight excluding hydrogens is 989 g/mol. The summed E-state index contributed by atoms with van der Waals surface area (Å²) in [5.41, 5.74) is -3.51. The molecule has 0 aromatic heterocycles. The van der Waals surface area contributed by atoms with Gasteiger partial charge >= 0.3 is 0 Å². The van der Waals surface area contributed by atoms with Crippen molar-refractivity contribution < 1.29 is 109 Å². The van der Waals surface area contributed by atoms with Gasteiger partial charge in [-0.25, -0.2) is 0 Å². The SMILES string of the molecule is C=C1O[C@]23CC[C@@H]4[C@@]5(C)CC[C@H](O[C@@H]6OC[C@H](O[C@@H]7O[C@H](CO)[C@@H](O)[C@H](O)[C@H]7O[C@H]7O[C@H](C)[C@@H](O)[C@H](O)[C@@H]7O)[C@H](O)[C@H]6O[C@@H]6O[C@H](CO)[C@@H](O)[C@H](O)[C@H]6O)C(C)(C)[C@@H]5CC[C@@]4(C)[C@]2(C)C[C@@H](O)[C@]12CC[C@](C)(O)C[C@H]23. The molecule has 0 radical (unpaired) electrons. The summed E-state index contributed by atoms with van der Waals surface area (Å²) in [5.74, 6) is 0.925. The first kappa shape index (κ1) is 57.0. The number of fused-ring (bicyclic) bond motifs is 4. The van der Waals surface area contributed by atoms with Crippen LogP contribution in [-0.2, 0) is 42.6 Å². The Hall–Kier alpha value is -1.30. The zero-order chi connectivity index (χ0) is 54.5. The molecule has 75 heavy (non-hydrogen) atoms. The number of ether oxygens (including phenoxy) is 9. The van der Waals surface area contributed by atoms with E-state index in [9.17, 15) is 66.4 Å². The molecule has 10 rings (SSSR count). The molecule has 0 aromatic carbocycles. The summed E-state index contributed by atoms with van der Waals surface area (Å²) in [4.78, 5) is 0. The highest BCUT2D eigenvalue weighted by Crippen LogP contribution is 2.81. The Labute approximate surface area is 437 Å². The molecule has 2 bridgehead atoms. The number of rotatable bonds is 10. The summed E-state index contributed by atoms with van der Waals surface area (Å²) in [7, 11) is 0. The summed E-state index contributed by atoms with van der Waals surface area (Å²) in [6.07, 6.45) is -25.4. The Balaban J connectivity index is 0.906. The van der Waals surface area contributed by atoms with Crippen LogP contribution < -0.4 is 0 Å². The zero-order valence-corrected chi connectivity index (χ0v) is 44.2. The van der Waals surface area contributed by atoms with E-state index >= 15 is 0 Å². The second kappa shape index (κ2) is 19.7. The lowest BCUT2D eigenvalue weighted by Gasteiger charge is -2.74. The van der Waals surface area contributed by atoms with E-state index in [0.29, 0.717) is 37.9 Å². The van der Waals surface area contributed by atoms with E-state index in [1.807, 2.05) is 6.92 Å². The molecule has 13 N–H and O–H groups in total. The molecule has 5 heterocycles. The summed E-state index contributed by atoms with van der Waals surface area (Å²) in [5, 5.41) is 143. The highest BCUT2D eigenvalue weighted by molar-refractivity contribution is 5.35. The van der Waals surface area contributed by atoms with Crippen LogP contribution in [0.4, 0.5) is 0 Å². The van der Waals surface area contributed by atoms with E-state index < -0.39 is 176 Å². The maximum Gasteiger partial charge on any atom is 0.187 e. The number of hydrogen-bond donors (Lipinski definition) is 13. The van der Waals surface area contributed by atoms with Crippen LogP contribution in [0, 0.1) is 44.8 Å². The van der Waals surface area contributed by atoms with Gasteiger partial charge in [0.1, 0.15) is 91.1 Å². The summed E-state index contributed by atoms with van der Waals surface area (Å²) in [6, 6.07) is 0. The zero-order valence-electron chi connectivity index (χ0n) is 44.2. The van der Waals surface area contributed by atoms with Gasteiger partial charge in [0, 0.05) is 11.3 Å². The second-order valence-electron chi connectivity index (χ2n) is 26.0. The van der Waals surface area contributed by atoms with Gasteiger partial charge in [-0.05, 0) is 106 Å². The fraction of sp³-hybridized carbons (Fsp3) is 0.962. The van der Waals surface area contributed by atoms with Crippen molar-refractivity contribution in [3.63, 3.8) is 0 Å². The molecule has 0 amide bonds. The van der Waals surface area contributed by atoms with Crippen molar-refractivity contribution in [1.29, 1.82) is 0 Å². The van der Waals surface area contributed by atoms with Crippen molar-refractivity contribution in [1.82, 2.24) is 0 Å². The Kier molecular flexibility index (Phi) is 15.0. The lowest BCUT2D eigenvalue weighted by Crippen LogP contribution is -2.74. The fourth-order valence-electron chi connectivity index (χ4n) is 17.6. The van der Waals surface area contributed by atoms with Crippen molar-refractivity contribution in [3.05, 3.63) is 12.3 Å². The highest BCUT2D eigenvalue weighted by Gasteiger charge is 2.82. The fourth-order valence-corrected chi connectivity index (χ4v) is 17.6. The maximum atomic E-state index is 12.4. The van der Waals surface area contributed by atoms with Crippen LogP contribution in [0.5, 0.6) is 0 Å². The third kappa shape index (κ3) is 8.42. The number of hydrogen-bond acceptors (Lipinski definition) is 22. The van der Waals surface area contributed by atoms with Crippen LogP contribution in [0.15, 0.2) is 12.3 Å². The molecule has 5 saturated heterocycles. The molecule has 22 nitrogen and oxygen atoms in total. The molecule has 430 valence electrons. The standard InChI is InChI=1S/C53H86O22/c1-22-32(57)36(61)39(64)43(68-22)74-42-38(63)34(59)25(20-55)70-46(42)71-26-21-67-45(41(35(26)60)73-44-40(65)37(62)33(58)24(19-54)69-44)72-31-11-12-49(6)27(47(31,3)4)9-13-50(7)28(49)10-14-53-29-17-48(5,66)15-16-52(29,23(2)75-53)30(56)18-51(50,53)8/h22,24-46,54-66H,2,9-21H2,1,3-8H3/t22-,24-,25-,26+,27+,28-,29-,30-,31+,32-,33-,34-,35+,36+,37+,38+,39+,40-,41-,42-,43-,44+,45+,46+,48+,49+,50-,51+,52-,53+/m1/s1. The molecule has 5 aliphatic carbocycles. The molecule has 0 aromatic rings. The third-order valence-electron chi connectivity index (χ3n) is 22.0. The second-order valence-corrected chi connectivity index (χ2v) is 26.0. The van der Waals surface area contributed by atoms with E-state index in [4.69, 9.17) is 42.6 Å². The van der Waals surface area contributed by atoms with E-state index in [0.717, 1.165) is 32.1 Å². The first-order chi connectivity index (χ1) is 35.1. The van der Waals surface area contributed by atoms with Gasteiger partial charge in [-0.3, -0.25) is 0 Å². The molecule has 10 aliphatic rings. The van der Waals surface area contributed by atoms with Crippen LogP contribution >= 0.6 is 0 Å².